The van der Waals surface area contributed by atoms with Gasteiger partial charge in [-0.1, -0.05) is 17.3 Å². The van der Waals surface area contributed by atoms with Crippen LogP contribution in [0.2, 0.25) is 0 Å². The van der Waals surface area contributed by atoms with Crippen LogP contribution in [0.5, 0.6) is 5.75 Å². The fourth-order valence-corrected chi connectivity index (χ4v) is 3.29. The molecule has 0 aliphatic rings. The lowest BCUT2D eigenvalue weighted by Crippen LogP contribution is -2.15. The molecule has 0 saturated heterocycles. The number of hydrogen-bond donors (Lipinski definition) is 2. The zero-order chi connectivity index (χ0) is 23.4. The highest BCUT2D eigenvalue weighted by atomic mass is 19.1. The molecule has 166 valence electrons. The van der Waals surface area contributed by atoms with Gasteiger partial charge in [0.1, 0.15) is 28.6 Å². The van der Waals surface area contributed by atoms with Crippen LogP contribution in [0.4, 0.5) is 15.8 Å². The van der Waals surface area contributed by atoms with Crippen LogP contribution >= 0.6 is 0 Å². The smallest absolute Gasteiger partial charge is 0.261 e. The van der Waals surface area contributed by atoms with Crippen molar-refractivity contribution in [3.05, 3.63) is 95.5 Å². The van der Waals surface area contributed by atoms with E-state index in [9.17, 15) is 14.0 Å². The molecule has 7 nitrogen and oxygen atoms in total. The molecule has 3 aromatic carbocycles. The first kappa shape index (κ1) is 21.8. The Labute approximate surface area is 189 Å². The summed E-state index contributed by atoms with van der Waals surface area (Å²) in [5.74, 6) is -0.250. The standard InChI is InChI=1S/C25H20FN3O4/c1-15-22(23(29-33-15)16-7-11-18(26)12-8-16)25(31)27-19-13-9-17(10-14-19)24(30)28-20-5-3-4-6-21(20)32-2/h3-14H,1-2H3,(H,27,31)(H,28,30). The van der Waals surface area contributed by atoms with Crippen molar-refractivity contribution in [1.29, 1.82) is 0 Å². The zero-order valence-electron chi connectivity index (χ0n) is 17.9. The normalized spacial score (nSPS) is 10.5. The number of halogens is 1. The molecule has 0 bridgehead atoms. The lowest BCUT2D eigenvalue weighted by Gasteiger charge is -2.10. The van der Waals surface area contributed by atoms with Crippen molar-refractivity contribution in [3.63, 3.8) is 0 Å². The molecule has 0 unspecified atom stereocenters. The number of hydrogen-bond acceptors (Lipinski definition) is 5. The molecular weight excluding hydrogens is 425 g/mol. The second kappa shape index (κ2) is 9.35. The quantitative estimate of drug-likeness (QED) is 0.420. The molecule has 4 rings (SSSR count). The van der Waals surface area contributed by atoms with Gasteiger partial charge in [-0.25, -0.2) is 4.39 Å². The molecule has 1 aromatic heterocycles. The number of aryl methyl sites for hydroxylation is 1. The number of benzene rings is 3. The van der Waals surface area contributed by atoms with E-state index in [-0.39, 0.29) is 17.3 Å². The molecule has 33 heavy (non-hydrogen) atoms. The number of nitrogens with zero attached hydrogens (tertiary/aromatic N) is 1. The largest absolute Gasteiger partial charge is 0.495 e. The summed E-state index contributed by atoms with van der Waals surface area (Å²) < 4.78 is 23.7. The first-order chi connectivity index (χ1) is 16.0. The summed E-state index contributed by atoms with van der Waals surface area (Å²) in [5.41, 5.74) is 2.57. The topological polar surface area (TPSA) is 93.5 Å². The summed E-state index contributed by atoms with van der Waals surface area (Å²) in [6.45, 7) is 1.63. The lowest BCUT2D eigenvalue weighted by atomic mass is 10.1. The Kier molecular flexibility index (Phi) is 6.17. The van der Waals surface area contributed by atoms with Crippen LogP contribution in [-0.2, 0) is 0 Å². The maximum absolute atomic E-state index is 13.2. The second-order valence-electron chi connectivity index (χ2n) is 7.16. The van der Waals surface area contributed by atoms with Crippen LogP contribution in [0.3, 0.4) is 0 Å². The number of anilines is 2. The average Bonchev–Trinajstić information content (AvgIpc) is 3.21. The van der Waals surface area contributed by atoms with Crippen molar-refractivity contribution in [3.8, 4) is 17.0 Å². The summed E-state index contributed by atoms with van der Waals surface area (Å²) in [6, 6.07) is 19.2. The Hall–Kier alpha value is -4.46. The van der Waals surface area contributed by atoms with E-state index in [1.807, 2.05) is 6.07 Å². The maximum atomic E-state index is 13.2. The summed E-state index contributed by atoms with van der Waals surface area (Å²) >= 11 is 0. The molecule has 2 amide bonds. The predicted molar refractivity (Wildman–Crippen MR) is 122 cm³/mol. The molecular formula is C25H20FN3O4. The number of ether oxygens (including phenoxy) is 1. The van der Waals surface area contributed by atoms with Crippen molar-refractivity contribution in [1.82, 2.24) is 5.16 Å². The molecule has 0 aliphatic heterocycles. The number of nitrogens with one attached hydrogen (secondary N) is 2. The number of para-hydroxylation sites is 2. The Bertz CT molecular complexity index is 1300. The first-order valence-electron chi connectivity index (χ1n) is 10.0. The molecule has 0 fully saturated rings. The minimum atomic E-state index is -0.431. The molecule has 1 heterocycles. The summed E-state index contributed by atoms with van der Waals surface area (Å²) in [4.78, 5) is 25.5. The third-order valence-corrected chi connectivity index (χ3v) is 4.97. The van der Waals surface area contributed by atoms with Crippen LogP contribution in [0.25, 0.3) is 11.3 Å². The van der Waals surface area contributed by atoms with E-state index in [0.717, 1.165) is 0 Å². The monoisotopic (exact) mass is 445 g/mol. The minimum absolute atomic E-state index is 0.250. The van der Waals surface area contributed by atoms with Crippen molar-refractivity contribution < 1.29 is 23.2 Å². The van der Waals surface area contributed by atoms with Gasteiger partial charge in [-0.3, -0.25) is 9.59 Å². The van der Waals surface area contributed by atoms with E-state index < -0.39 is 5.91 Å². The zero-order valence-corrected chi connectivity index (χ0v) is 17.9. The summed E-state index contributed by atoms with van der Waals surface area (Å²) in [6.07, 6.45) is 0. The minimum Gasteiger partial charge on any atom is -0.495 e. The van der Waals surface area contributed by atoms with Crippen molar-refractivity contribution in [2.24, 2.45) is 0 Å². The van der Waals surface area contributed by atoms with Gasteiger partial charge in [0.25, 0.3) is 11.8 Å². The molecule has 8 heteroatoms. The molecule has 0 radical (unpaired) electrons. The van der Waals surface area contributed by atoms with Gasteiger partial charge in [-0.05, 0) is 67.6 Å². The number of amides is 2. The van der Waals surface area contributed by atoms with E-state index >= 15 is 0 Å². The van der Waals surface area contributed by atoms with Crippen molar-refractivity contribution in [2.75, 3.05) is 17.7 Å². The van der Waals surface area contributed by atoms with Crippen LogP contribution < -0.4 is 15.4 Å². The highest BCUT2D eigenvalue weighted by Gasteiger charge is 2.22. The van der Waals surface area contributed by atoms with E-state index in [4.69, 9.17) is 9.26 Å². The number of carbonyl (C=O) groups is 2. The number of methoxy groups -OCH3 is 1. The van der Waals surface area contributed by atoms with Crippen LogP contribution in [0, 0.1) is 12.7 Å². The van der Waals surface area contributed by atoms with Gasteiger partial charge in [-0.15, -0.1) is 0 Å². The fraction of sp³-hybridized carbons (Fsp3) is 0.0800. The fourth-order valence-electron chi connectivity index (χ4n) is 3.29. The van der Waals surface area contributed by atoms with Crippen molar-refractivity contribution >= 4 is 23.2 Å². The first-order valence-corrected chi connectivity index (χ1v) is 10.0. The van der Waals surface area contributed by atoms with Crippen LogP contribution in [0.1, 0.15) is 26.5 Å². The van der Waals surface area contributed by atoms with E-state index in [1.165, 1.54) is 31.4 Å². The predicted octanol–water partition coefficient (Wildman–Crippen LogP) is 5.30. The number of carbonyl (C=O) groups excluding carboxylic acids is 2. The van der Waals surface area contributed by atoms with Gasteiger partial charge >= 0.3 is 0 Å². The molecule has 4 aromatic rings. The van der Waals surface area contributed by atoms with Crippen LogP contribution in [0.15, 0.2) is 77.3 Å². The molecule has 2 N–H and O–H groups in total. The Morgan fingerprint density at radius 1 is 0.909 bits per heavy atom. The summed E-state index contributed by atoms with van der Waals surface area (Å²) in [7, 11) is 1.53. The Morgan fingerprint density at radius 3 is 2.30 bits per heavy atom. The van der Waals surface area contributed by atoms with Gasteiger partial charge in [-0.2, -0.15) is 0 Å². The highest BCUT2D eigenvalue weighted by molar-refractivity contribution is 6.09. The summed E-state index contributed by atoms with van der Waals surface area (Å²) in [5, 5.41) is 9.52. The van der Waals surface area contributed by atoms with Gasteiger partial charge in [0, 0.05) is 16.8 Å². The average molecular weight is 445 g/mol. The highest BCUT2D eigenvalue weighted by Crippen LogP contribution is 2.27. The van der Waals surface area contributed by atoms with E-state index in [0.29, 0.717) is 39.7 Å². The Balaban J connectivity index is 1.49. The van der Waals surface area contributed by atoms with Gasteiger partial charge in [0.2, 0.25) is 0 Å². The third-order valence-electron chi connectivity index (χ3n) is 4.97. The molecule has 0 atom stereocenters. The van der Waals surface area contributed by atoms with Crippen molar-refractivity contribution in [2.45, 2.75) is 6.92 Å². The number of aromatic nitrogens is 1. The van der Waals surface area contributed by atoms with Crippen LogP contribution in [-0.4, -0.2) is 24.1 Å². The SMILES string of the molecule is COc1ccccc1NC(=O)c1ccc(NC(=O)c2c(-c3ccc(F)cc3)noc2C)cc1. The molecule has 0 spiro atoms. The second-order valence-corrected chi connectivity index (χ2v) is 7.16. The maximum Gasteiger partial charge on any atom is 0.261 e. The van der Waals surface area contributed by atoms with Gasteiger partial charge in [0.15, 0.2) is 0 Å². The van der Waals surface area contributed by atoms with E-state index in [2.05, 4.69) is 15.8 Å². The van der Waals surface area contributed by atoms with E-state index in [1.54, 1.807) is 49.4 Å². The van der Waals surface area contributed by atoms with Gasteiger partial charge < -0.3 is 19.9 Å². The molecule has 0 aliphatic carbocycles. The number of rotatable bonds is 6. The third kappa shape index (κ3) is 4.74. The Morgan fingerprint density at radius 2 is 1.61 bits per heavy atom. The van der Waals surface area contributed by atoms with Gasteiger partial charge in [0.05, 0.1) is 12.8 Å². The molecule has 0 saturated carbocycles. The lowest BCUT2D eigenvalue weighted by molar-refractivity contribution is 0.101.